The number of hydrogen-bond donors (Lipinski definition) is 2. The molecule has 0 bridgehead atoms. The monoisotopic (exact) mass is 645 g/mol. The number of likely N-dealkylation sites (tertiary alicyclic amines) is 1. The lowest BCUT2D eigenvalue weighted by molar-refractivity contribution is -0.131. The van der Waals surface area contributed by atoms with Crippen molar-refractivity contribution in [3.05, 3.63) is 91.6 Å². The molecule has 2 saturated heterocycles. The minimum absolute atomic E-state index is 0.00704. The highest BCUT2D eigenvalue weighted by atomic mass is 79.9. The first-order valence-corrected chi connectivity index (χ1v) is 14.7. The number of anilines is 1. The Bertz CT molecular complexity index is 1510. The van der Waals surface area contributed by atoms with Crippen LogP contribution in [0.5, 0.6) is 5.75 Å². The molecule has 2 amide bonds. The predicted octanol–water partition coefficient (Wildman–Crippen LogP) is 6.60. The standard InChI is InChI=1S/C30H27BrCl2FN3O3/c1-37-11-9-19(10-12-37)40-24-8-7-22(31)27(34)26(24)28-30(20-6-5-18(33)14-23(20)35-29(30)39)21(15-25(38)36-28)16-3-2-4-17(32)13-16/h2-8,13-14,19,21,28H,9-12,15H2,1H3,(H,35,39)(H,36,38)/t21-,28-,30-/m0/s1. The quantitative estimate of drug-likeness (QED) is 0.335. The van der Waals surface area contributed by atoms with Crippen molar-refractivity contribution >= 4 is 56.6 Å². The van der Waals surface area contributed by atoms with E-state index in [0.717, 1.165) is 25.9 Å². The summed E-state index contributed by atoms with van der Waals surface area (Å²) in [7, 11) is 2.06. The number of amides is 2. The fourth-order valence-corrected chi connectivity index (χ4v) is 7.17. The fraction of sp³-hybridized carbons (Fsp3) is 0.333. The van der Waals surface area contributed by atoms with Gasteiger partial charge in [0.15, 0.2) is 0 Å². The highest BCUT2D eigenvalue weighted by Gasteiger charge is 2.62. The Morgan fingerprint density at radius 2 is 1.80 bits per heavy atom. The van der Waals surface area contributed by atoms with Crippen molar-refractivity contribution in [1.82, 2.24) is 10.2 Å². The molecular weight excluding hydrogens is 620 g/mol. The van der Waals surface area contributed by atoms with Crippen LogP contribution in [-0.4, -0.2) is 43.0 Å². The second-order valence-electron chi connectivity index (χ2n) is 10.7. The minimum atomic E-state index is -1.41. The molecule has 40 heavy (non-hydrogen) atoms. The average Bonchev–Trinajstić information content (AvgIpc) is 3.20. The van der Waals surface area contributed by atoms with Crippen molar-refractivity contribution in [1.29, 1.82) is 0 Å². The van der Waals surface area contributed by atoms with Gasteiger partial charge in [0.2, 0.25) is 11.8 Å². The molecule has 3 aliphatic rings. The highest BCUT2D eigenvalue weighted by molar-refractivity contribution is 9.10. The molecule has 2 fully saturated rings. The Morgan fingerprint density at radius 3 is 2.55 bits per heavy atom. The smallest absolute Gasteiger partial charge is 0.238 e. The topological polar surface area (TPSA) is 70.7 Å². The van der Waals surface area contributed by atoms with Gasteiger partial charge in [-0.1, -0.05) is 41.4 Å². The fourth-order valence-electron chi connectivity index (χ4n) is 6.45. The minimum Gasteiger partial charge on any atom is -0.490 e. The molecule has 0 saturated carbocycles. The molecule has 3 aliphatic heterocycles. The molecule has 10 heteroatoms. The maximum atomic E-state index is 16.3. The SMILES string of the molecule is CN1CCC(Oc2ccc(Br)c(F)c2[C@@H]2NC(=O)C[C@@H](c3cccc(Cl)c3)[C@]23C(=O)Nc2cc(Cl)ccc23)CC1. The van der Waals surface area contributed by atoms with Gasteiger partial charge in [-0.25, -0.2) is 4.39 Å². The molecule has 0 radical (unpaired) electrons. The van der Waals surface area contributed by atoms with Crippen molar-refractivity contribution in [2.24, 2.45) is 0 Å². The summed E-state index contributed by atoms with van der Waals surface area (Å²) in [5, 5.41) is 6.91. The number of carbonyl (C=O) groups is 2. The first-order valence-electron chi connectivity index (χ1n) is 13.2. The van der Waals surface area contributed by atoms with Gasteiger partial charge >= 0.3 is 0 Å². The number of rotatable bonds is 4. The average molecular weight is 647 g/mol. The Morgan fingerprint density at radius 1 is 1.05 bits per heavy atom. The van der Waals surface area contributed by atoms with Crippen LogP contribution < -0.4 is 15.4 Å². The van der Waals surface area contributed by atoms with Crippen LogP contribution in [0.4, 0.5) is 10.1 Å². The molecule has 3 atom stereocenters. The van der Waals surface area contributed by atoms with Gasteiger partial charge in [-0.15, -0.1) is 0 Å². The van der Waals surface area contributed by atoms with Crippen molar-refractivity contribution in [3.8, 4) is 5.75 Å². The van der Waals surface area contributed by atoms with E-state index >= 15 is 4.39 Å². The molecule has 1 spiro atoms. The van der Waals surface area contributed by atoms with Gasteiger partial charge in [0, 0.05) is 41.2 Å². The van der Waals surface area contributed by atoms with Crippen LogP contribution in [0.1, 0.15) is 47.9 Å². The molecule has 6 rings (SSSR count). The van der Waals surface area contributed by atoms with E-state index in [-0.39, 0.29) is 34.4 Å². The van der Waals surface area contributed by atoms with Crippen LogP contribution in [0.2, 0.25) is 10.0 Å². The number of carbonyl (C=O) groups excluding carboxylic acids is 2. The Hall–Kier alpha value is -2.65. The van der Waals surface area contributed by atoms with E-state index in [1.807, 2.05) is 6.07 Å². The summed E-state index contributed by atoms with van der Waals surface area (Å²) in [5.41, 5.74) is 0.579. The number of benzene rings is 3. The first-order chi connectivity index (χ1) is 19.2. The summed E-state index contributed by atoms with van der Waals surface area (Å²) in [6.45, 7) is 1.72. The van der Waals surface area contributed by atoms with Gasteiger partial charge in [-0.3, -0.25) is 9.59 Å². The van der Waals surface area contributed by atoms with Crippen molar-refractivity contribution in [2.75, 3.05) is 25.5 Å². The van der Waals surface area contributed by atoms with Crippen LogP contribution in [-0.2, 0) is 15.0 Å². The van der Waals surface area contributed by atoms with Crippen LogP contribution in [0.25, 0.3) is 0 Å². The molecule has 0 aliphatic carbocycles. The third-order valence-corrected chi connectivity index (χ3v) is 9.43. The number of fused-ring (bicyclic) bond motifs is 2. The van der Waals surface area contributed by atoms with Gasteiger partial charge < -0.3 is 20.3 Å². The van der Waals surface area contributed by atoms with E-state index in [2.05, 4.69) is 38.5 Å². The molecule has 2 N–H and O–H groups in total. The van der Waals surface area contributed by atoms with Crippen molar-refractivity contribution < 1.29 is 18.7 Å². The Balaban J connectivity index is 1.58. The summed E-state index contributed by atoms with van der Waals surface area (Å²) in [6, 6.07) is 14.5. The van der Waals surface area contributed by atoms with E-state index in [1.54, 1.807) is 48.5 Å². The lowest BCUT2D eigenvalue weighted by atomic mass is 9.59. The normalized spacial score (nSPS) is 25.0. The summed E-state index contributed by atoms with van der Waals surface area (Å²) >= 11 is 16.0. The number of nitrogens with one attached hydrogen (secondary N) is 2. The molecule has 0 aromatic heterocycles. The predicted molar refractivity (Wildman–Crippen MR) is 157 cm³/mol. The number of ether oxygens (including phenoxy) is 1. The summed E-state index contributed by atoms with van der Waals surface area (Å²) in [5.74, 6) is -1.59. The van der Waals surface area contributed by atoms with Gasteiger partial charge in [0.1, 0.15) is 23.1 Å². The molecule has 6 nitrogen and oxygen atoms in total. The number of piperidine rings is 2. The summed E-state index contributed by atoms with van der Waals surface area (Å²) in [4.78, 5) is 29.9. The number of hydrogen-bond acceptors (Lipinski definition) is 4. The van der Waals surface area contributed by atoms with Crippen LogP contribution in [0.15, 0.2) is 59.1 Å². The maximum Gasteiger partial charge on any atom is 0.238 e. The molecule has 0 unspecified atom stereocenters. The first kappa shape index (κ1) is 27.5. The third-order valence-electron chi connectivity index (χ3n) is 8.34. The lowest BCUT2D eigenvalue weighted by Crippen LogP contribution is -2.57. The largest absolute Gasteiger partial charge is 0.490 e. The zero-order chi connectivity index (χ0) is 28.2. The van der Waals surface area contributed by atoms with Gasteiger partial charge in [-0.2, -0.15) is 0 Å². The highest BCUT2D eigenvalue weighted by Crippen LogP contribution is 2.59. The van der Waals surface area contributed by atoms with Crippen LogP contribution in [0.3, 0.4) is 0 Å². The zero-order valence-corrected chi connectivity index (χ0v) is 24.7. The Labute approximate surface area is 250 Å². The molecule has 3 aromatic carbocycles. The lowest BCUT2D eigenvalue weighted by Gasteiger charge is -2.47. The van der Waals surface area contributed by atoms with E-state index in [1.165, 1.54) is 0 Å². The second kappa shape index (κ2) is 10.6. The van der Waals surface area contributed by atoms with Gasteiger partial charge in [-0.05, 0) is 83.3 Å². The van der Waals surface area contributed by atoms with E-state index < -0.39 is 23.2 Å². The van der Waals surface area contributed by atoms with E-state index in [9.17, 15) is 9.59 Å². The van der Waals surface area contributed by atoms with E-state index in [4.69, 9.17) is 27.9 Å². The number of nitrogens with zero attached hydrogens (tertiary/aromatic N) is 1. The van der Waals surface area contributed by atoms with Gasteiger partial charge in [0.25, 0.3) is 0 Å². The summed E-state index contributed by atoms with van der Waals surface area (Å²) in [6.07, 6.45) is 1.44. The van der Waals surface area contributed by atoms with E-state index in [0.29, 0.717) is 32.6 Å². The molecule has 3 heterocycles. The second-order valence-corrected chi connectivity index (χ2v) is 12.4. The zero-order valence-electron chi connectivity index (χ0n) is 21.6. The number of halogens is 4. The maximum absolute atomic E-state index is 16.3. The molecular formula is C30H27BrCl2FN3O3. The van der Waals surface area contributed by atoms with Crippen LogP contribution in [0, 0.1) is 5.82 Å². The Kier molecular flexibility index (Phi) is 7.32. The van der Waals surface area contributed by atoms with Gasteiger partial charge in [0.05, 0.1) is 16.1 Å². The third kappa shape index (κ3) is 4.59. The molecule has 208 valence electrons. The van der Waals surface area contributed by atoms with Crippen molar-refractivity contribution in [3.63, 3.8) is 0 Å². The van der Waals surface area contributed by atoms with Crippen LogP contribution >= 0.6 is 39.1 Å². The summed E-state index contributed by atoms with van der Waals surface area (Å²) < 4.78 is 23.0. The van der Waals surface area contributed by atoms with Crippen molar-refractivity contribution in [2.45, 2.75) is 42.7 Å². The molecule has 3 aromatic rings.